The maximum absolute atomic E-state index is 13.8. The van der Waals surface area contributed by atoms with E-state index in [0.29, 0.717) is 23.7 Å². The summed E-state index contributed by atoms with van der Waals surface area (Å²) in [6.45, 7) is 3.98. The Hall–Kier alpha value is -3.10. The molecule has 0 spiro atoms. The summed E-state index contributed by atoms with van der Waals surface area (Å²) in [5.41, 5.74) is 1.20. The summed E-state index contributed by atoms with van der Waals surface area (Å²) < 4.78 is 26.9. The first-order valence-electron chi connectivity index (χ1n) is 11.9. The molecule has 0 saturated carbocycles. The highest BCUT2D eigenvalue weighted by Crippen LogP contribution is 2.29. The van der Waals surface area contributed by atoms with Crippen LogP contribution in [0, 0.1) is 0 Å². The van der Waals surface area contributed by atoms with Gasteiger partial charge in [-0.15, -0.1) is 0 Å². The minimum Gasteiger partial charge on any atom is -0.354 e. The summed E-state index contributed by atoms with van der Waals surface area (Å²) in [5, 5.41) is 5.00. The molecule has 3 aromatic rings. The van der Waals surface area contributed by atoms with Gasteiger partial charge in [0, 0.05) is 23.5 Å². The molecule has 0 saturated heterocycles. The van der Waals surface area contributed by atoms with E-state index in [1.807, 2.05) is 44.2 Å². The molecule has 0 fully saturated rings. The zero-order valence-electron chi connectivity index (χ0n) is 20.8. The lowest BCUT2D eigenvalue weighted by atomic mass is 10.1. The molecule has 0 heterocycles. The number of anilines is 1. The number of nitrogens with zero attached hydrogens (tertiary/aromatic N) is 2. The van der Waals surface area contributed by atoms with Crippen molar-refractivity contribution in [3.05, 3.63) is 77.3 Å². The highest BCUT2D eigenvalue weighted by molar-refractivity contribution is 7.92. The first kappa shape index (κ1) is 27.5. The second-order valence-corrected chi connectivity index (χ2v) is 11.0. The van der Waals surface area contributed by atoms with Gasteiger partial charge in [0.05, 0.1) is 11.9 Å². The molecule has 192 valence electrons. The monoisotopic (exact) mass is 529 g/mol. The Kier molecular flexibility index (Phi) is 9.34. The molecule has 3 rings (SSSR count). The third-order valence-electron chi connectivity index (χ3n) is 5.92. The number of nitrogens with one attached hydrogen (secondary N) is 1. The van der Waals surface area contributed by atoms with Gasteiger partial charge in [-0.1, -0.05) is 74.0 Å². The number of hydrogen-bond acceptors (Lipinski definition) is 4. The summed E-state index contributed by atoms with van der Waals surface area (Å²) in [4.78, 5) is 28.2. The first-order valence-corrected chi connectivity index (χ1v) is 14.2. The Morgan fingerprint density at radius 1 is 0.972 bits per heavy atom. The summed E-state index contributed by atoms with van der Waals surface area (Å²) in [6.07, 6.45) is 2.22. The fourth-order valence-corrected chi connectivity index (χ4v) is 5.08. The minimum absolute atomic E-state index is 0.140. The van der Waals surface area contributed by atoms with E-state index in [1.165, 1.54) is 4.90 Å². The largest absolute Gasteiger partial charge is 0.354 e. The molecule has 9 heteroatoms. The second-order valence-electron chi connectivity index (χ2n) is 8.63. The van der Waals surface area contributed by atoms with Gasteiger partial charge in [-0.2, -0.15) is 0 Å². The van der Waals surface area contributed by atoms with Gasteiger partial charge in [0.25, 0.3) is 0 Å². The summed E-state index contributed by atoms with van der Waals surface area (Å²) in [6, 6.07) is 19.0. The minimum atomic E-state index is -3.82. The Morgan fingerprint density at radius 3 is 2.28 bits per heavy atom. The van der Waals surface area contributed by atoms with Gasteiger partial charge in [-0.05, 0) is 42.0 Å². The molecule has 7 nitrogen and oxygen atoms in total. The van der Waals surface area contributed by atoms with Crippen LogP contribution in [-0.4, -0.2) is 50.5 Å². The Morgan fingerprint density at radius 2 is 1.64 bits per heavy atom. The number of rotatable bonds is 11. The predicted octanol–water partition coefficient (Wildman–Crippen LogP) is 4.59. The van der Waals surface area contributed by atoms with Crippen molar-refractivity contribution in [2.75, 3.05) is 23.7 Å². The molecule has 0 aromatic heterocycles. The SMILES string of the molecule is CCCNC(=O)[C@@H](CC)N(Cc1ccc(Cl)cc1)C(=O)CN(c1cccc2ccccc12)S(C)(=O)=O. The standard InChI is InChI=1S/C27H32ClN3O4S/c1-4-17-29-27(33)24(5-2)30(18-20-13-15-22(28)16-14-20)26(32)19-31(36(3,34)35)25-12-8-10-21-9-6-7-11-23(21)25/h6-16,24H,4-5,17-19H2,1-3H3,(H,29,33)/t24-/m1/s1. The van der Waals surface area contributed by atoms with Gasteiger partial charge in [0.1, 0.15) is 12.6 Å². The lowest BCUT2D eigenvalue weighted by molar-refractivity contribution is -0.140. The van der Waals surface area contributed by atoms with E-state index >= 15 is 0 Å². The number of sulfonamides is 1. The van der Waals surface area contributed by atoms with Gasteiger partial charge in [0.15, 0.2) is 0 Å². The molecule has 0 aliphatic heterocycles. The van der Waals surface area contributed by atoms with E-state index in [4.69, 9.17) is 11.6 Å². The van der Waals surface area contributed by atoms with Crippen LogP contribution in [0.5, 0.6) is 0 Å². The van der Waals surface area contributed by atoms with E-state index in [0.717, 1.165) is 33.3 Å². The average molecular weight is 530 g/mol. The van der Waals surface area contributed by atoms with Crippen molar-refractivity contribution in [3.8, 4) is 0 Å². The number of hydrogen-bond donors (Lipinski definition) is 1. The maximum atomic E-state index is 13.8. The lowest BCUT2D eigenvalue weighted by Gasteiger charge is -2.33. The third-order valence-corrected chi connectivity index (χ3v) is 7.29. The Labute approximate surface area is 218 Å². The molecule has 1 atom stereocenters. The zero-order chi connectivity index (χ0) is 26.3. The van der Waals surface area contributed by atoms with Crippen LogP contribution < -0.4 is 9.62 Å². The van der Waals surface area contributed by atoms with Gasteiger partial charge in [0.2, 0.25) is 21.8 Å². The summed E-state index contributed by atoms with van der Waals surface area (Å²) >= 11 is 6.02. The van der Waals surface area contributed by atoms with Crippen molar-refractivity contribution in [2.24, 2.45) is 0 Å². The predicted molar refractivity (Wildman–Crippen MR) is 146 cm³/mol. The van der Waals surface area contributed by atoms with E-state index in [-0.39, 0.29) is 12.5 Å². The molecule has 1 N–H and O–H groups in total. The average Bonchev–Trinajstić information content (AvgIpc) is 2.86. The van der Waals surface area contributed by atoms with E-state index in [9.17, 15) is 18.0 Å². The maximum Gasteiger partial charge on any atom is 0.244 e. The topological polar surface area (TPSA) is 86.8 Å². The van der Waals surface area contributed by atoms with E-state index in [1.54, 1.807) is 36.4 Å². The van der Waals surface area contributed by atoms with Crippen molar-refractivity contribution in [1.29, 1.82) is 0 Å². The molecular weight excluding hydrogens is 498 g/mol. The van der Waals surface area contributed by atoms with Crippen molar-refractivity contribution >= 4 is 49.9 Å². The van der Waals surface area contributed by atoms with Crippen LogP contribution in [-0.2, 0) is 26.2 Å². The third kappa shape index (κ3) is 6.77. The number of fused-ring (bicyclic) bond motifs is 1. The molecule has 0 aliphatic carbocycles. The van der Waals surface area contributed by atoms with E-state index in [2.05, 4.69) is 5.32 Å². The molecule has 3 aromatic carbocycles. The normalized spacial score (nSPS) is 12.2. The number of halogens is 1. The number of benzene rings is 3. The van der Waals surface area contributed by atoms with Crippen LogP contribution in [0.2, 0.25) is 5.02 Å². The summed E-state index contributed by atoms with van der Waals surface area (Å²) in [5.74, 6) is -0.737. The van der Waals surface area contributed by atoms with Crippen molar-refractivity contribution in [1.82, 2.24) is 10.2 Å². The highest BCUT2D eigenvalue weighted by Gasteiger charge is 2.32. The second kappa shape index (κ2) is 12.2. The summed E-state index contributed by atoms with van der Waals surface area (Å²) in [7, 11) is -3.82. The number of amides is 2. The van der Waals surface area contributed by atoms with Crippen LogP contribution in [0.4, 0.5) is 5.69 Å². The van der Waals surface area contributed by atoms with Crippen LogP contribution in [0.3, 0.4) is 0 Å². The van der Waals surface area contributed by atoms with E-state index < -0.39 is 28.5 Å². The van der Waals surface area contributed by atoms with Crippen molar-refractivity contribution < 1.29 is 18.0 Å². The quantitative estimate of drug-likeness (QED) is 0.393. The van der Waals surface area contributed by atoms with Gasteiger partial charge < -0.3 is 10.2 Å². The first-order chi connectivity index (χ1) is 17.2. The van der Waals surface area contributed by atoms with Gasteiger partial charge >= 0.3 is 0 Å². The molecule has 2 amide bonds. The van der Waals surface area contributed by atoms with Crippen molar-refractivity contribution in [2.45, 2.75) is 39.3 Å². The molecular formula is C27H32ClN3O4S. The Balaban J connectivity index is 2.00. The van der Waals surface area contributed by atoms with Gasteiger partial charge in [-0.25, -0.2) is 8.42 Å². The van der Waals surface area contributed by atoms with Gasteiger partial charge in [-0.3, -0.25) is 13.9 Å². The smallest absolute Gasteiger partial charge is 0.244 e. The van der Waals surface area contributed by atoms with Crippen LogP contribution in [0.1, 0.15) is 32.3 Å². The van der Waals surface area contributed by atoms with Crippen LogP contribution in [0.15, 0.2) is 66.7 Å². The number of carbonyl (C=O) groups is 2. The molecule has 0 unspecified atom stereocenters. The molecule has 0 aliphatic rings. The fourth-order valence-electron chi connectivity index (χ4n) is 4.09. The number of carbonyl (C=O) groups excluding carboxylic acids is 2. The van der Waals surface area contributed by atoms with Crippen LogP contribution in [0.25, 0.3) is 10.8 Å². The Bertz CT molecular complexity index is 1310. The highest BCUT2D eigenvalue weighted by atomic mass is 35.5. The zero-order valence-corrected chi connectivity index (χ0v) is 22.3. The molecule has 0 radical (unpaired) electrons. The molecule has 36 heavy (non-hydrogen) atoms. The molecule has 0 bridgehead atoms. The van der Waals surface area contributed by atoms with Crippen molar-refractivity contribution in [3.63, 3.8) is 0 Å². The lowest BCUT2D eigenvalue weighted by Crippen LogP contribution is -2.52. The fraction of sp³-hybridized carbons (Fsp3) is 0.333. The van der Waals surface area contributed by atoms with Crippen LogP contribution >= 0.6 is 11.6 Å².